The van der Waals surface area contributed by atoms with Crippen LogP contribution in [0.1, 0.15) is 39.0 Å². The van der Waals surface area contributed by atoms with Crippen LogP contribution in [0, 0.1) is 5.41 Å². The maximum atomic E-state index is 6.00. The van der Waals surface area contributed by atoms with Gasteiger partial charge in [0, 0.05) is 18.3 Å². The maximum absolute atomic E-state index is 6.00. The van der Waals surface area contributed by atoms with Gasteiger partial charge in [-0.15, -0.1) is 0 Å². The lowest BCUT2D eigenvalue weighted by Crippen LogP contribution is -2.44. The SMILES string of the molecule is CCC(CSC)N(C)CC1(CN)CCCC1. The van der Waals surface area contributed by atoms with Gasteiger partial charge in [0.2, 0.25) is 0 Å². The molecule has 0 spiro atoms. The number of hydrogen-bond acceptors (Lipinski definition) is 3. The van der Waals surface area contributed by atoms with E-state index in [9.17, 15) is 0 Å². The second-order valence-electron chi connectivity index (χ2n) is 5.34. The van der Waals surface area contributed by atoms with Crippen molar-refractivity contribution in [2.24, 2.45) is 11.1 Å². The van der Waals surface area contributed by atoms with Crippen LogP contribution >= 0.6 is 11.8 Å². The zero-order valence-corrected chi connectivity index (χ0v) is 12.0. The maximum Gasteiger partial charge on any atom is 0.0180 e. The fraction of sp³-hybridized carbons (Fsp3) is 1.00. The van der Waals surface area contributed by atoms with Crippen molar-refractivity contribution in [1.29, 1.82) is 0 Å². The summed E-state index contributed by atoms with van der Waals surface area (Å²) in [4.78, 5) is 2.55. The van der Waals surface area contributed by atoms with Crippen LogP contribution in [0.2, 0.25) is 0 Å². The van der Waals surface area contributed by atoms with E-state index in [1.54, 1.807) is 0 Å². The summed E-state index contributed by atoms with van der Waals surface area (Å²) in [6.45, 7) is 4.36. The second-order valence-corrected chi connectivity index (χ2v) is 6.25. The highest BCUT2D eigenvalue weighted by molar-refractivity contribution is 7.98. The average Bonchev–Trinajstić information content (AvgIpc) is 2.75. The lowest BCUT2D eigenvalue weighted by atomic mass is 9.85. The highest BCUT2D eigenvalue weighted by Crippen LogP contribution is 2.38. The zero-order chi connectivity index (χ0) is 12.0. The summed E-state index contributed by atoms with van der Waals surface area (Å²) < 4.78 is 0. The summed E-state index contributed by atoms with van der Waals surface area (Å²) >= 11 is 1.95. The first-order valence-electron chi connectivity index (χ1n) is 6.56. The summed E-state index contributed by atoms with van der Waals surface area (Å²) in [5.74, 6) is 1.24. The van der Waals surface area contributed by atoms with Gasteiger partial charge in [0.25, 0.3) is 0 Å². The fourth-order valence-electron chi connectivity index (χ4n) is 2.96. The molecule has 1 fully saturated rings. The molecule has 0 bridgehead atoms. The molecule has 2 nitrogen and oxygen atoms in total. The highest BCUT2D eigenvalue weighted by atomic mass is 32.2. The third-order valence-electron chi connectivity index (χ3n) is 4.14. The van der Waals surface area contributed by atoms with Crippen LogP contribution in [-0.4, -0.2) is 43.1 Å². The Morgan fingerprint density at radius 2 is 2.00 bits per heavy atom. The van der Waals surface area contributed by atoms with E-state index in [0.29, 0.717) is 5.41 Å². The Labute approximate surface area is 105 Å². The minimum absolute atomic E-state index is 0.431. The van der Waals surface area contributed by atoms with Crippen LogP contribution in [0.15, 0.2) is 0 Å². The smallest absolute Gasteiger partial charge is 0.0180 e. The van der Waals surface area contributed by atoms with Crippen molar-refractivity contribution in [3.8, 4) is 0 Å². The van der Waals surface area contributed by atoms with E-state index in [1.165, 1.54) is 44.4 Å². The van der Waals surface area contributed by atoms with E-state index in [2.05, 4.69) is 25.1 Å². The van der Waals surface area contributed by atoms with Gasteiger partial charge in [0.05, 0.1) is 0 Å². The molecule has 0 radical (unpaired) electrons. The van der Waals surface area contributed by atoms with Crippen LogP contribution < -0.4 is 5.73 Å². The first-order chi connectivity index (χ1) is 7.67. The van der Waals surface area contributed by atoms with Crippen LogP contribution in [0.5, 0.6) is 0 Å². The van der Waals surface area contributed by atoms with Gasteiger partial charge in [-0.05, 0) is 44.5 Å². The number of hydrogen-bond donors (Lipinski definition) is 1. The first kappa shape index (κ1) is 14.3. The minimum Gasteiger partial charge on any atom is -0.330 e. The third-order valence-corrected chi connectivity index (χ3v) is 4.85. The lowest BCUT2D eigenvalue weighted by Gasteiger charge is -2.36. The largest absolute Gasteiger partial charge is 0.330 e. The summed E-state index contributed by atoms with van der Waals surface area (Å²) in [5.41, 5.74) is 6.43. The molecule has 0 saturated heterocycles. The highest BCUT2D eigenvalue weighted by Gasteiger charge is 2.34. The molecule has 1 saturated carbocycles. The van der Waals surface area contributed by atoms with Gasteiger partial charge in [0.15, 0.2) is 0 Å². The lowest BCUT2D eigenvalue weighted by molar-refractivity contribution is 0.149. The molecule has 1 aliphatic carbocycles. The molecule has 2 N–H and O–H groups in total. The van der Waals surface area contributed by atoms with Crippen LogP contribution in [0.25, 0.3) is 0 Å². The molecule has 0 aromatic carbocycles. The Kier molecular flexibility index (Phi) is 6.16. The van der Waals surface area contributed by atoms with Crippen molar-refractivity contribution in [2.75, 3.05) is 32.1 Å². The summed E-state index contributed by atoms with van der Waals surface area (Å²) in [6.07, 6.45) is 8.88. The summed E-state index contributed by atoms with van der Waals surface area (Å²) in [5, 5.41) is 0. The van der Waals surface area contributed by atoms with E-state index >= 15 is 0 Å². The number of thioether (sulfide) groups is 1. The van der Waals surface area contributed by atoms with Gasteiger partial charge in [-0.3, -0.25) is 0 Å². The molecule has 1 unspecified atom stereocenters. The number of rotatable bonds is 7. The van der Waals surface area contributed by atoms with E-state index < -0.39 is 0 Å². The molecule has 0 heterocycles. The van der Waals surface area contributed by atoms with Gasteiger partial charge >= 0.3 is 0 Å². The standard InChI is InChI=1S/C13H28N2S/c1-4-12(9-16-3)15(2)11-13(10-14)7-5-6-8-13/h12H,4-11,14H2,1-3H3. The topological polar surface area (TPSA) is 29.3 Å². The predicted octanol–water partition coefficient (Wildman–Crippen LogP) is 2.58. The molecule has 0 aliphatic heterocycles. The van der Waals surface area contributed by atoms with Crippen molar-refractivity contribution in [2.45, 2.75) is 45.1 Å². The zero-order valence-electron chi connectivity index (χ0n) is 11.2. The molecule has 16 heavy (non-hydrogen) atoms. The Hall–Kier alpha value is 0.270. The van der Waals surface area contributed by atoms with Crippen molar-refractivity contribution in [3.05, 3.63) is 0 Å². The van der Waals surface area contributed by atoms with Crippen LogP contribution in [0.3, 0.4) is 0 Å². The molecule has 0 amide bonds. The van der Waals surface area contributed by atoms with Gasteiger partial charge in [0.1, 0.15) is 0 Å². The molecule has 1 rings (SSSR count). The third kappa shape index (κ3) is 3.64. The molecule has 0 aromatic rings. The van der Waals surface area contributed by atoms with E-state index in [0.717, 1.165) is 12.6 Å². The number of nitrogens with two attached hydrogens (primary N) is 1. The molecular formula is C13H28N2S. The average molecular weight is 244 g/mol. The summed E-state index contributed by atoms with van der Waals surface area (Å²) in [6, 6.07) is 0.721. The first-order valence-corrected chi connectivity index (χ1v) is 7.96. The molecular weight excluding hydrogens is 216 g/mol. The number of nitrogens with zero attached hydrogens (tertiary/aromatic N) is 1. The quantitative estimate of drug-likeness (QED) is 0.746. The normalized spacial score (nSPS) is 21.6. The minimum atomic E-state index is 0.431. The fourth-order valence-corrected chi connectivity index (χ4v) is 3.83. The van der Waals surface area contributed by atoms with E-state index in [1.807, 2.05) is 11.8 Å². The Morgan fingerprint density at radius 1 is 1.38 bits per heavy atom. The van der Waals surface area contributed by atoms with Gasteiger partial charge in [-0.1, -0.05) is 19.8 Å². The second kappa shape index (κ2) is 6.87. The van der Waals surface area contributed by atoms with E-state index in [-0.39, 0.29) is 0 Å². The van der Waals surface area contributed by atoms with Crippen LogP contribution in [-0.2, 0) is 0 Å². The molecule has 0 aromatic heterocycles. The van der Waals surface area contributed by atoms with Gasteiger partial charge in [-0.2, -0.15) is 11.8 Å². The Bertz CT molecular complexity index is 190. The van der Waals surface area contributed by atoms with Gasteiger partial charge in [-0.25, -0.2) is 0 Å². The Balaban J connectivity index is 2.49. The summed E-state index contributed by atoms with van der Waals surface area (Å²) in [7, 11) is 2.28. The molecule has 1 atom stereocenters. The molecule has 1 aliphatic rings. The van der Waals surface area contributed by atoms with Crippen LogP contribution in [0.4, 0.5) is 0 Å². The van der Waals surface area contributed by atoms with Crippen molar-refractivity contribution in [3.63, 3.8) is 0 Å². The monoisotopic (exact) mass is 244 g/mol. The van der Waals surface area contributed by atoms with Crippen molar-refractivity contribution in [1.82, 2.24) is 4.90 Å². The van der Waals surface area contributed by atoms with Crippen molar-refractivity contribution >= 4 is 11.8 Å². The van der Waals surface area contributed by atoms with Gasteiger partial charge < -0.3 is 10.6 Å². The predicted molar refractivity (Wildman–Crippen MR) is 75.0 cm³/mol. The van der Waals surface area contributed by atoms with E-state index in [4.69, 9.17) is 5.73 Å². The molecule has 3 heteroatoms. The Morgan fingerprint density at radius 3 is 2.44 bits per heavy atom. The van der Waals surface area contributed by atoms with Crippen molar-refractivity contribution < 1.29 is 0 Å². The molecule has 96 valence electrons.